The molecule has 0 spiro atoms. The molecule has 0 fully saturated rings. The lowest BCUT2D eigenvalue weighted by molar-refractivity contribution is -0.134. The van der Waals surface area contributed by atoms with E-state index < -0.39 is 64.3 Å². The molecule has 0 saturated carbocycles. The van der Waals surface area contributed by atoms with E-state index in [9.17, 15) is 79.8 Å². The van der Waals surface area contributed by atoms with Crippen LogP contribution in [0.3, 0.4) is 0 Å². The van der Waals surface area contributed by atoms with Crippen molar-refractivity contribution >= 4 is 92.1 Å². The van der Waals surface area contributed by atoms with Gasteiger partial charge in [0.05, 0.1) is 76.9 Å². The summed E-state index contributed by atoms with van der Waals surface area (Å²) in [6, 6.07) is 32.4. The van der Waals surface area contributed by atoms with Crippen molar-refractivity contribution in [3.8, 4) is 6.01 Å². The van der Waals surface area contributed by atoms with Crippen LogP contribution in [-0.2, 0) is 12.7 Å². The predicted octanol–water partition coefficient (Wildman–Crippen LogP) is 7.96. The zero-order valence-electron chi connectivity index (χ0n) is 66.5. The van der Waals surface area contributed by atoms with Crippen LogP contribution in [0.1, 0.15) is 49.2 Å². The molecule has 0 aliphatic carbocycles. The Balaban J connectivity index is 0.000000138. The number of aliphatic hydroxyl groups is 5. The molecule has 44 heteroatoms. The van der Waals surface area contributed by atoms with Gasteiger partial charge >= 0.3 is 34.9 Å². The molecule has 8 N–H and O–H groups in total. The van der Waals surface area contributed by atoms with Gasteiger partial charge in [-0.25, -0.2) is 75.6 Å². The lowest BCUT2D eigenvalue weighted by atomic mass is 9.97. The predicted molar refractivity (Wildman–Crippen MR) is 451 cm³/mol. The smallest absolute Gasteiger partial charge is 0.425 e. The highest BCUT2D eigenvalue weighted by Crippen LogP contribution is 2.36. The van der Waals surface area contributed by atoms with Gasteiger partial charge in [-0.05, 0) is 166 Å². The number of halogens is 10. The van der Waals surface area contributed by atoms with E-state index in [4.69, 9.17) is 27.9 Å². The van der Waals surface area contributed by atoms with Gasteiger partial charge in [0, 0.05) is 37.6 Å². The third-order valence-corrected chi connectivity index (χ3v) is 20.6. The topological polar surface area (TPSA) is 428 Å². The van der Waals surface area contributed by atoms with Crippen LogP contribution in [0.4, 0.5) is 64.9 Å². The quantitative estimate of drug-likeness (QED) is 0.0507. The van der Waals surface area contributed by atoms with Gasteiger partial charge < -0.3 is 54.8 Å². The van der Waals surface area contributed by atoms with Crippen LogP contribution in [-0.4, -0.2) is 218 Å². The Kier molecular flexibility index (Phi) is 30.7. The van der Waals surface area contributed by atoms with Crippen molar-refractivity contribution < 1.29 is 65.4 Å². The highest BCUT2D eigenvalue weighted by molar-refractivity contribution is 7.12. The average molecular weight is 1800 g/mol. The number of anilines is 5. The first-order chi connectivity index (χ1) is 60.4. The van der Waals surface area contributed by atoms with Gasteiger partial charge in [0.25, 0.3) is 0 Å². The number of nitrogens with zero attached hydrogens (tertiary/aromatic N) is 20. The van der Waals surface area contributed by atoms with E-state index in [2.05, 4.69) is 84.7 Å². The van der Waals surface area contributed by atoms with Crippen LogP contribution in [0.2, 0.25) is 10.6 Å². The Hall–Kier alpha value is -13.6. The minimum atomic E-state index is -4.39. The van der Waals surface area contributed by atoms with Crippen LogP contribution in [0.15, 0.2) is 208 Å². The summed E-state index contributed by atoms with van der Waals surface area (Å²) in [5, 5.41) is 51.6. The first-order valence-corrected chi connectivity index (χ1v) is 39.5. The number of aromatic nitrogens is 18. The lowest BCUT2D eigenvalue weighted by Crippen LogP contribution is -2.39. The largest absolute Gasteiger partial charge is 0.468 e. The molecule has 0 saturated heterocycles. The number of nitrogens with one attached hydrogen (secondary N) is 3. The summed E-state index contributed by atoms with van der Waals surface area (Å²) in [6.07, 6.45) is 6.21. The normalized spacial score (nSPS) is 17.4. The first kappa shape index (κ1) is 91.6. The number of aryl methyl sites for hydroxylation is 2. The van der Waals surface area contributed by atoms with Gasteiger partial charge in [-0.2, -0.15) is 53.0 Å². The fourth-order valence-corrected chi connectivity index (χ4v) is 14.3. The van der Waals surface area contributed by atoms with Gasteiger partial charge in [-0.1, -0.05) is 91.0 Å². The maximum absolute atomic E-state index is 13.0. The number of alkyl halides is 3. The molecule has 33 nitrogen and oxygen atoms in total. The van der Waals surface area contributed by atoms with Crippen LogP contribution >= 0.6 is 34.5 Å². The Morgan fingerprint density at radius 2 is 0.738 bits per heavy atom. The zero-order chi connectivity index (χ0) is 89.9. The molecule has 0 radical (unpaired) electrons. The van der Waals surface area contributed by atoms with E-state index >= 15 is 0 Å². The molecule has 126 heavy (non-hydrogen) atoms. The fraction of sp³-hybridized carbons (Fsp3) is 0.244. The molecular formula is C82H75Cl2F8N23O10S. The van der Waals surface area contributed by atoms with Crippen molar-refractivity contribution in [2.75, 3.05) is 97.1 Å². The Labute approximate surface area is 723 Å². The number of hydrogen-bond donors (Lipinski definition) is 8. The summed E-state index contributed by atoms with van der Waals surface area (Å²) < 4.78 is 108. The standard InChI is InChI=1S/C15H15FN4O2.2C14H12ClFN4O.2C14H13FN4O2.C11H10F3N3O2S/c1-9-17-14(19-15(22)18-9)20-7-6-12(13(21)8-20)10-2-4-11(16)5-3-10;2*15-13-17-8-18-14(19-13)20-6-5-11(12(21)7-20)9-1-3-10(16)4-2-9;2*15-10-3-1-9(2-4-10)11-5-6-19(7-12(11)20)13-16-8-17-14(21)18-13;1-6-15-9(18)17(10(16-6)19-2)5-7-3-4-8(20-7)11(12,13)14/h2-6,13,21H,7-8H2,1H3,(H,17,18,19,22);2*1-5,8,12,21H,6-7H2;2*1-5,8,12,20H,6-7H2,(H,16,17,18,21);3-4H,5H2,1-2H3/t13-;4*12-;/m01010./s1. The van der Waals surface area contributed by atoms with E-state index in [0.717, 1.165) is 66.3 Å². The fourth-order valence-electron chi connectivity index (χ4n) is 13.2. The molecular weight excluding hydrogens is 1720 g/mol. The number of rotatable bonds is 13. The van der Waals surface area contributed by atoms with E-state index in [-0.39, 0.29) is 83.6 Å². The lowest BCUT2D eigenvalue weighted by Gasteiger charge is -2.30. The van der Waals surface area contributed by atoms with E-state index in [0.29, 0.717) is 91.6 Å². The molecule has 5 atom stereocenters. The van der Waals surface area contributed by atoms with Gasteiger partial charge in [-0.15, -0.1) is 11.3 Å². The summed E-state index contributed by atoms with van der Waals surface area (Å²) in [6.45, 7) is 7.15. The van der Waals surface area contributed by atoms with E-state index in [1.807, 2.05) is 30.4 Å². The maximum Gasteiger partial charge on any atom is 0.425 e. The van der Waals surface area contributed by atoms with E-state index in [1.54, 1.807) is 92.1 Å². The Morgan fingerprint density at radius 1 is 0.405 bits per heavy atom. The SMILES string of the molecule is COc1nc(C)nc(=O)n1Cc1ccc(C(F)(F)F)s1.Cc1nc(N2CC=C(c3ccc(F)cc3)[C@@H](O)C2)nc(=O)[nH]1.O=c1ncnc(N2CC=C(c3ccc(F)cc3)[C@@H](O)C2)[nH]1.O=c1ncnc(N2CC=C(c3ccc(F)cc3)[C@H](O)C2)[nH]1.O[C@@H]1CN(c2ncnc(Cl)n2)CC=C1c1ccc(F)cc1.O[C@H]1CN(c2ncnc(Cl)n2)CC=C1c1ccc(F)cc1. The molecule has 0 unspecified atom stereocenters. The molecule has 12 aromatic rings. The molecule has 654 valence electrons. The summed E-state index contributed by atoms with van der Waals surface area (Å²) in [5.41, 5.74) is 5.64. The highest BCUT2D eigenvalue weighted by Gasteiger charge is 2.34. The third kappa shape index (κ3) is 24.9. The molecule has 0 amide bonds. The number of β-amino-alcohol motifs (C(OH)–C–C–N with tert-alkyl or cyclic N) is 5. The summed E-state index contributed by atoms with van der Waals surface area (Å²) in [4.78, 5) is 115. The number of thiophene rings is 1. The number of aliphatic hydroxyl groups excluding tert-OH is 5. The van der Waals surface area contributed by atoms with Crippen molar-refractivity contribution in [2.45, 2.75) is 57.1 Å². The number of H-pyrrole nitrogens is 3. The number of hydrogen-bond acceptors (Lipinski definition) is 30. The van der Waals surface area contributed by atoms with Crippen LogP contribution < -0.4 is 52.0 Å². The van der Waals surface area contributed by atoms with Crippen molar-refractivity contribution in [3.63, 3.8) is 0 Å². The number of aromatic amines is 3. The van der Waals surface area contributed by atoms with Crippen LogP contribution in [0, 0.1) is 42.9 Å². The minimum absolute atomic E-state index is 0.0180. The number of methoxy groups -OCH3 is 1. The van der Waals surface area contributed by atoms with Crippen molar-refractivity contribution in [1.82, 2.24) is 89.3 Å². The zero-order valence-corrected chi connectivity index (χ0v) is 68.8. The Morgan fingerprint density at radius 3 is 1.05 bits per heavy atom. The summed E-state index contributed by atoms with van der Waals surface area (Å²) >= 11 is 12.0. The van der Waals surface area contributed by atoms with Gasteiger partial charge in [-0.3, -0.25) is 15.0 Å². The first-order valence-electron chi connectivity index (χ1n) is 37.9. The maximum atomic E-state index is 13.0. The molecule has 5 aromatic carbocycles. The molecule has 12 heterocycles. The van der Waals surface area contributed by atoms with Gasteiger partial charge in [0.1, 0.15) is 70.9 Å². The second-order valence-electron chi connectivity index (χ2n) is 27.7. The van der Waals surface area contributed by atoms with Crippen molar-refractivity contribution in [1.29, 1.82) is 0 Å². The molecule has 5 aliphatic heterocycles. The second kappa shape index (κ2) is 42.2. The van der Waals surface area contributed by atoms with Crippen molar-refractivity contribution in [2.24, 2.45) is 0 Å². The van der Waals surface area contributed by atoms with Gasteiger partial charge in [0.15, 0.2) is 0 Å². The number of benzene rings is 5. The molecule has 5 aliphatic rings. The third-order valence-electron chi connectivity index (χ3n) is 19.1. The number of ether oxygens (including phenoxy) is 1. The Bertz CT molecular complexity index is 5940. The molecule has 7 aromatic heterocycles. The monoisotopic (exact) mass is 1800 g/mol. The van der Waals surface area contributed by atoms with Crippen molar-refractivity contribution in [3.05, 3.63) is 320 Å². The van der Waals surface area contributed by atoms with E-state index in [1.165, 1.54) is 106 Å². The minimum Gasteiger partial charge on any atom is -0.468 e. The summed E-state index contributed by atoms with van der Waals surface area (Å²) in [5.74, 6) is 1.02. The highest BCUT2D eigenvalue weighted by atomic mass is 35.5. The average Bonchev–Trinajstić information content (AvgIpc) is 0.935. The molecule has 17 rings (SSSR count). The van der Waals surface area contributed by atoms with Crippen LogP contribution in [0.25, 0.3) is 27.9 Å². The van der Waals surface area contributed by atoms with Gasteiger partial charge in [0.2, 0.25) is 40.3 Å². The second-order valence-corrected chi connectivity index (χ2v) is 29.6. The summed E-state index contributed by atoms with van der Waals surface area (Å²) in [7, 11) is 1.33. The molecule has 0 bridgehead atoms. The van der Waals surface area contributed by atoms with Crippen LogP contribution in [0.5, 0.6) is 6.01 Å².